The highest BCUT2D eigenvalue weighted by Gasteiger charge is 2.25. The van der Waals surface area contributed by atoms with E-state index in [0.717, 1.165) is 12.5 Å². The summed E-state index contributed by atoms with van der Waals surface area (Å²) in [6.45, 7) is 9.87. The molecule has 1 aliphatic carbocycles. The fourth-order valence-electron chi connectivity index (χ4n) is 2.96. The SMILES string of the molecule is CC(C)(C)OC(=O)NCC1CCN(CC2CCC2)CC1.O=CO. The molecule has 1 saturated heterocycles. The van der Waals surface area contributed by atoms with Gasteiger partial charge in [0.15, 0.2) is 0 Å². The second-order valence-electron chi connectivity index (χ2n) is 7.53. The molecule has 2 fully saturated rings. The molecule has 0 bridgehead atoms. The summed E-state index contributed by atoms with van der Waals surface area (Å²) in [4.78, 5) is 22.6. The van der Waals surface area contributed by atoms with Crippen LogP contribution in [-0.2, 0) is 9.53 Å². The first-order chi connectivity index (χ1) is 10.8. The van der Waals surface area contributed by atoms with E-state index < -0.39 is 5.60 Å². The maximum absolute atomic E-state index is 11.6. The van der Waals surface area contributed by atoms with Gasteiger partial charge in [0.25, 0.3) is 6.47 Å². The van der Waals surface area contributed by atoms with E-state index in [4.69, 9.17) is 14.6 Å². The number of piperidine rings is 1. The Labute approximate surface area is 139 Å². The number of hydrogen-bond donors (Lipinski definition) is 2. The summed E-state index contributed by atoms with van der Waals surface area (Å²) < 4.78 is 5.26. The number of rotatable bonds is 4. The van der Waals surface area contributed by atoms with Gasteiger partial charge in [-0.1, -0.05) is 6.42 Å². The second kappa shape index (κ2) is 9.75. The van der Waals surface area contributed by atoms with Crippen LogP contribution in [0.25, 0.3) is 0 Å². The molecule has 0 radical (unpaired) electrons. The first kappa shape index (κ1) is 19.7. The van der Waals surface area contributed by atoms with Crippen LogP contribution in [0.2, 0.25) is 0 Å². The Morgan fingerprint density at radius 3 is 2.22 bits per heavy atom. The molecule has 0 spiro atoms. The summed E-state index contributed by atoms with van der Waals surface area (Å²) in [5, 5.41) is 9.80. The minimum atomic E-state index is -0.407. The lowest BCUT2D eigenvalue weighted by atomic mass is 9.84. The molecule has 0 unspecified atom stereocenters. The number of likely N-dealkylation sites (tertiary alicyclic amines) is 1. The number of carbonyl (C=O) groups is 2. The zero-order valence-corrected chi connectivity index (χ0v) is 14.7. The molecule has 2 N–H and O–H groups in total. The standard InChI is InChI=1S/C16H30N2O2.CH2O2/c1-16(2,3)20-15(19)17-11-13-7-9-18(10-8-13)12-14-5-4-6-14;2-1-3/h13-14H,4-12H2,1-3H3,(H,17,19);1H,(H,2,3). The highest BCUT2D eigenvalue weighted by Crippen LogP contribution is 2.28. The largest absolute Gasteiger partial charge is 0.483 e. The number of alkyl carbamates (subject to hydrolysis) is 1. The number of hydrogen-bond acceptors (Lipinski definition) is 4. The average Bonchev–Trinajstić information content (AvgIpc) is 2.41. The molecule has 0 aromatic carbocycles. The van der Waals surface area contributed by atoms with E-state index in [0.29, 0.717) is 5.92 Å². The van der Waals surface area contributed by atoms with Gasteiger partial charge in [-0.3, -0.25) is 4.79 Å². The lowest BCUT2D eigenvalue weighted by molar-refractivity contribution is -0.122. The topological polar surface area (TPSA) is 78.9 Å². The van der Waals surface area contributed by atoms with Crippen LogP contribution >= 0.6 is 0 Å². The molecular formula is C17H32N2O4. The average molecular weight is 328 g/mol. The van der Waals surface area contributed by atoms with E-state index in [1.165, 1.54) is 51.7 Å². The Bertz CT molecular complexity index is 356. The molecule has 0 aromatic heterocycles. The maximum Gasteiger partial charge on any atom is 0.407 e. The van der Waals surface area contributed by atoms with Gasteiger partial charge in [0.1, 0.15) is 5.60 Å². The molecule has 0 aromatic rings. The third-order valence-electron chi connectivity index (χ3n) is 4.38. The summed E-state index contributed by atoms with van der Waals surface area (Å²) in [5.74, 6) is 1.58. The van der Waals surface area contributed by atoms with E-state index in [9.17, 15) is 4.79 Å². The Morgan fingerprint density at radius 1 is 1.22 bits per heavy atom. The van der Waals surface area contributed by atoms with Crippen molar-refractivity contribution < 1.29 is 19.4 Å². The summed E-state index contributed by atoms with van der Waals surface area (Å²) >= 11 is 0. The van der Waals surface area contributed by atoms with Gasteiger partial charge in [-0.15, -0.1) is 0 Å². The molecule has 2 aliphatic rings. The summed E-state index contributed by atoms with van der Waals surface area (Å²) in [5.41, 5.74) is -0.407. The zero-order chi connectivity index (χ0) is 17.3. The molecule has 1 aliphatic heterocycles. The minimum absolute atomic E-state index is 0.250. The van der Waals surface area contributed by atoms with Crippen molar-refractivity contribution in [1.82, 2.24) is 10.2 Å². The van der Waals surface area contributed by atoms with Crippen LogP contribution in [-0.4, -0.2) is 54.4 Å². The number of carbonyl (C=O) groups excluding carboxylic acids is 1. The molecule has 23 heavy (non-hydrogen) atoms. The predicted octanol–water partition coefficient (Wildman–Crippen LogP) is 2.72. The van der Waals surface area contributed by atoms with Gasteiger partial charge in [0.05, 0.1) is 0 Å². The Morgan fingerprint density at radius 2 is 1.78 bits per heavy atom. The Balaban J connectivity index is 0.000000816. The monoisotopic (exact) mass is 328 g/mol. The van der Waals surface area contributed by atoms with Gasteiger partial charge in [-0.25, -0.2) is 4.79 Å². The molecule has 134 valence electrons. The van der Waals surface area contributed by atoms with Crippen molar-refractivity contribution in [3.63, 3.8) is 0 Å². The van der Waals surface area contributed by atoms with Gasteiger partial charge in [-0.05, 0) is 71.4 Å². The van der Waals surface area contributed by atoms with E-state index in [2.05, 4.69) is 10.2 Å². The van der Waals surface area contributed by atoms with Crippen molar-refractivity contribution in [2.75, 3.05) is 26.2 Å². The lowest BCUT2D eigenvalue weighted by Gasteiger charge is -2.37. The van der Waals surface area contributed by atoms with Gasteiger partial charge in [0, 0.05) is 13.1 Å². The van der Waals surface area contributed by atoms with Crippen molar-refractivity contribution in [2.24, 2.45) is 11.8 Å². The minimum Gasteiger partial charge on any atom is -0.483 e. The van der Waals surface area contributed by atoms with Crippen molar-refractivity contribution in [3.05, 3.63) is 0 Å². The highest BCUT2D eigenvalue weighted by molar-refractivity contribution is 5.67. The molecular weight excluding hydrogens is 296 g/mol. The molecule has 0 atom stereocenters. The number of carboxylic acid groups (broad SMARTS) is 1. The van der Waals surface area contributed by atoms with Crippen LogP contribution < -0.4 is 5.32 Å². The Kier molecular flexibility index (Phi) is 8.37. The molecule has 1 heterocycles. The fourth-order valence-corrected chi connectivity index (χ4v) is 2.96. The first-order valence-corrected chi connectivity index (χ1v) is 8.61. The van der Waals surface area contributed by atoms with Crippen molar-refractivity contribution in [2.45, 2.75) is 58.5 Å². The van der Waals surface area contributed by atoms with Crippen molar-refractivity contribution in [3.8, 4) is 0 Å². The van der Waals surface area contributed by atoms with Gasteiger partial charge < -0.3 is 20.1 Å². The van der Waals surface area contributed by atoms with Crippen molar-refractivity contribution >= 4 is 12.6 Å². The number of ether oxygens (including phenoxy) is 1. The third kappa shape index (κ3) is 8.79. The summed E-state index contributed by atoms with van der Waals surface area (Å²) in [6.07, 6.45) is 6.40. The Hall–Kier alpha value is -1.30. The predicted molar refractivity (Wildman–Crippen MR) is 89.4 cm³/mol. The number of nitrogens with zero attached hydrogens (tertiary/aromatic N) is 1. The van der Waals surface area contributed by atoms with Crippen LogP contribution in [0.5, 0.6) is 0 Å². The van der Waals surface area contributed by atoms with Crippen LogP contribution in [0.4, 0.5) is 4.79 Å². The maximum atomic E-state index is 11.6. The zero-order valence-electron chi connectivity index (χ0n) is 14.7. The molecule has 6 nitrogen and oxygen atoms in total. The van der Waals surface area contributed by atoms with Gasteiger partial charge in [-0.2, -0.15) is 0 Å². The quantitative estimate of drug-likeness (QED) is 0.776. The fraction of sp³-hybridized carbons (Fsp3) is 0.882. The van der Waals surface area contributed by atoms with E-state index >= 15 is 0 Å². The summed E-state index contributed by atoms with van der Waals surface area (Å²) in [6, 6.07) is 0. The molecule has 1 amide bonds. The highest BCUT2D eigenvalue weighted by atomic mass is 16.6. The van der Waals surface area contributed by atoms with Crippen LogP contribution in [0, 0.1) is 11.8 Å². The molecule has 6 heteroatoms. The smallest absolute Gasteiger partial charge is 0.407 e. The third-order valence-corrected chi connectivity index (χ3v) is 4.38. The van der Waals surface area contributed by atoms with Crippen molar-refractivity contribution in [1.29, 1.82) is 0 Å². The lowest BCUT2D eigenvalue weighted by Crippen LogP contribution is -2.42. The van der Waals surface area contributed by atoms with E-state index in [1.54, 1.807) is 0 Å². The van der Waals surface area contributed by atoms with Crippen LogP contribution in [0.15, 0.2) is 0 Å². The normalized spacial score (nSPS) is 20.0. The number of nitrogens with one attached hydrogen (secondary N) is 1. The molecule has 1 saturated carbocycles. The first-order valence-electron chi connectivity index (χ1n) is 8.61. The second-order valence-corrected chi connectivity index (χ2v) is 7.53. The van der Waals surface area contributed by atoms with E-state index in [1.807, 2.05) is 20.8 Å². The molecule has 2 rings (SSSR count). The van der Waals surface area contributed by atoms with Crippen LogP contribution in [0.1, 0.15) is 52.9 Å². The number of amides is 1. The van der Waals surface area contributed by atoms with E-state index in [-0.39, 0.29) is 12.6 Å². The summed E-state index contributed by atoms with van der Waals surface area (Å²) in [7, 11) is 0. The van der Waals surface area contributed by atoms with Gasteiger partial charge >= 0.3 is 6.09 Å². The van der Waals surface area contributed by atoms with Gasteiger partial charge in [0.2, 0.25) is 0 Å². The van der Waals surface area contributed by atoms with Crippen LogP contribution in [0.3, 0.4) is 0 Å².